The number of ether oxygens (including phenoxy) is 2. The molecule has 0 aromatic heterocycles. The van der Waals surface area contributed by atoms with Crippen molar-refractivity contribution in [3.05, 3.63) is 59.7 Å². The Balaban J connectivity index is 1.56. The van der Waals surface area contributed by atoms with Crippen LogP contribution in [0.4, 0.5) is 0 Å². The highest BCUT2D eigenvalue weighted by molar-refractivity contribution is 5.75. The Morgan fingerprint density at radius 2 is 1.71 bits per heavy atom. The van der Waals surface area contributed by atoms with E-state index >= 15 is 0 Å². The van der Waals surface area contributed by atoms with Gasteiger partial charge in [-0.2, -0.15) is 0 Å². The average molecular weight is 383 g/mol. The maximum atomic E-state index is 10.8. The molecule has 1 atom stereocenters. The first-order valence-corrected chi connectivity index (χ1v) is 9.74. The van der Waals surface area contributed by atoms with Crippen molar-refractivity contribution in [3.8, 4) is 11.5 Å². The van der Waals surface area contributed by atoms with Gasteiger partial charge in [0.25, 0.3) is 5.91 Å². The third kappa shape index (κ3) is 5.71. The number of rotatable bonds is 10. The first kappa shape index (κ1) is 20.2. The number of carbonyl (C=O) groups excluding carboxylic acids is 1. The quantitative estimate of drug-likeness (QED) is 0.659. The van der Waals surface area contributed by atoms with Gasteiger partial charge in [0.15, 0.2) is 6.61 Å². The van der Waals surface area contributed by atoms with Crippen LogP contribution in [-0.2, 0) is 11.3 Å². The molecule has 2 aromatic rings. The van der Waals surface area contributed by atoms with E-state index in [1.54, 1.807) is 7.11 Å². The minimum atomic E-state index is -0.475. The minimum Gasteiger partial charge on any atom is -0.497 e. The van der Waals surface area contributed by atoms with E-state index in [4.69, 9.17) is 15.2 Å². The fourth-order valence-corrected chi connectivity index (χ4v) is 3.55. The van der Waals surface area contributed by atoms with Crippen molar-refractivity contribution in [2.75, 3.05) is 33.4 Å². The van der Waals surface area contributed by atoms with Gasteiger partial charge in [-0.1, -0.05) is 24.3 Å². The van der Waals surface area contributed by atoms with Gasteiger partial charge in [-0.25, -0.2) is 0 Å². The number of primary amides is 1. The van der Waals surface area contributed by atoms with Crippen LogP contribution in [0.25, 0.3) is 0 Å². The predicted octanol–water partition coefficient (Wildman–Crippen LogP) is 2.49. The fourth-order valence-electron chi connectivity index (χ4n) is 3.55. The Labute approximate surface area is 166 Å². The number of nitrogens with zero attached hydrogens (tertiary/aromatic N) is 1. The second-order valence-corrected chi connectivity index (χ2v) is 7.06. The van der Waals surface area contributed by atoms with E-state index in [1.165, 1.54) is 24.0 Å². The van der Waals surface area contributed by atoms with Crippen molar-refractivity contribution in [3.63, 3.8) is 0 Å². The van der Waals surface area contributed by atoms with E-state index in [2.05, 4.69) is 22.3 Å². The Morgan fingerprint density at radius 3 is 2.32 bits per heavy atom. The highest BCUT2D eigenvalue weighted by atomic mass is 16.5. The zero-order chi connectivity index (χ0) is 19.8. The third-order valence-corrected chi connectivity index (χ3v) is 5.05. The molecule has 1 fully saturated rings. The van der Waals surface area contributed by atoms with Gasteiger partial charge in [0.05, 0.1) is 7.11 Å². The average Bonchev–Trinajstić information content (AvgIpc) is 3.25. The minimum absolute atomic E-state index is 0.100. The van der Waals surface area contributed by atoms with Gasteiger partial charge >= 0.3 is 0 Å². The normalized spacial score (nSPS) is 15.3. The monoisotopic (exact) mass is 383 g/mol. The Kier molecular flexibility index (Phi) is 7.28. The molecule has 150 valence electrons. The van der Waals surface area contributed by atoms with Crippen molar-refractivity contribution in [1.82, 2.24) is 10.2 Å². The summed E-state index contributed by atoms with van der Waals surface area (Å²) in [6, 6.07) is 16.5. The van der Waals surface area contributed by atoms with Crippen LogP contribution in [0.5, 0.6) is 11.5 Å². The number of amides is 1. The molecule has 0 bridgehead atoms. The number of hydrogen-bond donors (Lipinski definition) is 2. The van der Waals surface area contributed by atoms with Crippen LogP contribution >= 0.6 is 0 Å². The van der Waals surface area contributed by atoms with Crippen LogP contribution in [0.3, 0.4) is 0 Å². The maximum Gasteiger partial charge on any atom is 0.255 e. The SMILES string of the molecule is COc1ccc(C(CNCc2ccc(OCC(N)=O)cc2)N2CCCC2)cc1. The van der Waals surface area contributed by atoms with Crippen LogP contribution in [0.2, 0.25) is 0 Å². The van der Waals surface area contributed by atoms with Crippen LogP contribution in [0.15, 0.2) is 48.5 Å². The molecule has 3 rings (SSSR count). The lowest BCUT2D eigenvalue weighted by atomic mass is 10.0. The van der Waals surface area contributed by atoms with Crippen molar-refractivity contribution >= 4 is 5.91 Å². The van der Waals surface area contributed by atoms with E-state index in [0.717, 1.165) is 31.9 Å². The van der Waals surface area contributed by atoms with E-state index in [9.17, 15) is 4.79 Å². The summed E-state index contributed by atoms with van der Waals surface area (Å²) in [6.45, 7) is 3.84. The third-order valence-electron chi connectivity index (χ3n) is 5.05. The fraction of sp³-hybridized carbons (Fsp3) is 0.409. The molecule has 28 heavy (non-hydrogen) atoms. The molecule has 0 radical (unpaired) electrons. The van der Waals surface area contributed by atoms with E-state index in [1.807, 2.05) is 36.4 Å². The molecule has 1 unspecified atom stereocenters. The Bertz CT molecular complexity index is 741. The number of methoxy groups -OCH3 is 1. The Morgan fingerprint density at radius 1 is 1.07 bits per heavy atom. The molecule has 1 aliphatic rings. The molecule has 0 aliphatic carbocycles. The highest BCUT2D eigenvalue weighted by Gasteiger charge is 2.23. The first-order chi connectivity index (χ1) is 13.7. The van der Waals surface area contributed by atoms with Gasteiger partial charge in [0.1, 0.15) is 11.5 Å². The van der Waals surface area contributed by atoms with Gasteiger partial charge in [0, 0.05) is 19.1 Å². The zero-order valence-corrected chi connectivity index (χ0v) is 16.4. The lowest BCUT2D eigenvalue weighted by Crippen LogP contribution is -2.34. The molecule has 1 saturated heterocycles. The summed E-state index contributed by atoms with van der Waals surface area (Å²) in [5.74, 6) is 1.06. The van der Waals surface area contributed by atoms with Crippen molar-refractivity contribution < 1.29 is 14.3 Å². The molecule has 2 aromatic carbocycles. The van der Waals surface area contributed by atoms with E-state index in [-0.39, 0.29) is 6.61 Å². The van der Waals surface area contributed by atoms with Gasteiger partial charge in [-0.15, -0.1) is 0 Å². The zero-order valence-electron chi connectivity index (χ0n) is 16.4. The number of benzene rings is 2. The molecule has 1 heterocycles. The molecule has 6 heteroatoms. The molecule has 1 aliphatic heterocycles. The first-order valence-electron chi connectivity index (χ1n) is 9.74. The van der Waals surface area contributed by atoms with Gasteiger partial charge in [-0.05, 0) is 61.3 Å². The van der Waals surface area contributed by atoms with Crippen molar-refractivity contribution in [1.29, 1.82) is 0 Å². The van der Waals surface area contributed by atoms with Crippen LogP contribution < -0.4 is 20.5 Å². The largest absolute Gasteiger partial charge is 0.497 e. The summed E-state index contributed by atoms with van der Waals surface area (Å²) in [4.78, 5) is 13.3. The summed E-state index contributed by atoms with van der Waals surface area (Å²) in [6.07, 6.45) is 2.53. The molecular weight excluding hydrogens is 354 g/mol. The van der Waals surface area contributed by atoms with E-state index < -0.39 is 5.91 Å². The standard InChI is InChI=1S/C22H29N3O3/c1-27-19-10-6-18(7-11-19)21(25-12-2-3-13-25)15-24-14-17-4-8-20(9-5-17)28-16-22(23)26/h4-11,21,24H,2-3,12-16H2,1H3,(H2,23,26). The number of nitrogens with two attached hydrogens (primary N) is 1. The number of carbonyl (C=O) groups is 1. The lowest BCUT2D eigenvalue weighted by molar-refractivity contribution is -0.119. The molecule has 3 N–H and O–H groups in total. The molecule has 0 spiro atoms. The summed E-state index contributed by atoms with van der Waals surface area (Å²) < 4.78 is 10.6. The van der Waals surface area contributed by atoms with Crippen molar-refractivity contribution in [2.24, 2.45) is 5.73 Å². The summed E-state index contributed by atoms with van der Waals surface area (Å²) in [7, 11) is 1.69. The van der Waals surface area contributed by atoms with Gasteiger partial charge < -0.3 is 20.5 Å². The van der Waals surface area contributed by atoms with Crippen LogP contribution in [0.1, 0.15) is 30.0 Å². The maximum absolute atomic E-state index is 10.8. The topological polar surface area (TPSA) is 76.8 Å². The van der Waals surface area contributed by atoms with Crippen LogP contribution in [-0.4, -0.2) is 44.2 Å². The lowest BCUT2D eigenvalue weighted by Gasteiger charge is -2.28. The van der Waals surface area contributed by atoms with Gasteiger partial charge in [0.2, 0.25) is 0 Å². The van der Waals surface area contributed by atoms with Crippen molar-refractivity contribution in [2.45, 2.75) is 25.4 Å². The number of likely N-dealkylation sites (tertiary alicyclic amines) is 1. The second kappa shape index (κ2) is 10.1. The summed E-state index contributed by atoms with van der Waals surface area (Å²) >= 11 is 0. The highest BCUT2D eigenvalue weighted by Crippen LogP contribution is 2.26. The van der Waals surface area contributed by atoms with E-state index in [0.29, 0.717) is 11.8 Å². The number of hydrogen-bond acceptors (Lipinski definition) is 5. The van der Waals surface area contributed by atoms with Crippen LogP contribution in [0, 0.1) is 0 Å². The predicted molar refractivity (Wildman–Crippen MR) is 109 cm³/mol. The smallest absolute Gasteiger partial charge is 0.255 e. The van der Waals surface area contributed by atoms with Gasteiger partial charge in [-0.3, -0.25) is 9.69 Å². The molecule has 1 amide bonds. The molecular formula is C22H29N3O3. The molecule has 6 nitrogen and oxygen atoms in total. The Hall–Kier alpha value is -2.57. The molecule has 0 saturated carbocycles. The number of nitrogens with one attached hydrogen (secondary N) is 1. The summed E-state index contributed by atoms with van der Waals surface area (Å²) in [5, 5.41) is 3.59. The summed E-state index contributed by atoms with van der Waals surface area (Å²) in [5.41, 5.74) is 7.57. The second-order valence-electron chi connectivity index (χ2n) is 7.06.